The van der Waals surface area contributed by atoms with E-state index in [1.165, 1.54) is 0 Å². The number of halogens is 4. The maximum absolute atomic E-state index is 13.1. The second kappa shape index (κ2) is 5.77. The number of hydrogen-bond donors (Lipinski definition) is 1. The molecule has 1 aromatic carbocycles. The summed E-state index contributed by atoms with van der Waals surface area (Å²) in [5.41, 5.74) is 4.74. The predicted molar refractivity (Wildman–Crippen MR) is 67.1 cm³/mol. The molecule has 2 N–H and O–H groups in total. The van der Waals surface area contributed by atoms with Crippen molar-refractivity contribution in [1.29, 1.82) is 0 Å². The minimum absolute atomic E-state index is 0.0122. The van der Waals surface area contributed by atoms with Crippen LogP contribution in [0.1, 0.15) is 22.6 Å². The molecule has 1 heterocycles. The molecule has 1 aromatic heterocycles. The summed E-state index contributed by atoms with van der Waals surface area (Å²) >= 11 is 0. The summed E-state index contributed by atoms with van der Waals surface area (Å²) in [6, 6.07) is 4.17. The molecule has 2 rings (SSSR count). The summed E-state index contributed by atoms with van der Waals surface area (Å²) in [4.78, 5) is 0. The molecular weight excluding hydrogens is 290 g/mol. The minimum atomic E-state index is -4.76. The minimum Gasteiger partial charge on any atom is -0.489 e. The largest absolute Gasteiger partial charge is 0.489 e. The molecule has 0 fully saturated rings. The number of nitrogens with two attached hydrogens (primary N) is 1. The van der Waals surface area contributed by atoms with E-state index in [0.717, 1.165) is 12.1 Å². The van der Waals surface area contributed by atoms with Crippen molar-refractivity contribution in [2.45, 2.75) is 26.3 Å². The van der Waals surface area contributed by atoms with Gasteiger partial charge < -0.3 is 14.9 Å². The Bertz CT molecular complexity index is 634. The van der Waals surface area contributed by atoms with Gasteiger partial charge >= 0.3 is 6.18 Å². The van der Waals surface area contributed by atoms with Gasteiger partial charge in [0.15, 0.2) is 0 Å². The highest BCUT2D eigenvalue weighted by molar-refractivity contribution is 5.32. The van der Waals surface area contributed by atoms with Crippen molar-refractivity contribution in [2.75, 3.05) is 0 Å². The van der Waals surface area contributed by atoms with Crippen molar-refractivity contribution in [2.24, 2.45) is 5.73 Å². The Kier molecular flexibility index (Phi) is 4.22. The van der Waals surface area contributed by atoms with Crippen LogP contribution in [-0.4, -0.2) is 0 Å². The lowest BCUT2D eigenvalue weighted by Gasteiger charge is -2.11. The van der Waals surface area contributed by atoms with Crippen LogP contribution >= 0.6 is 0 Å². The molecule has 0 aliphatic rings. The van der Waals surface area contributed by atoms with Crippen molar-refractivity contribution < 1.29 is 26.7 Å². The predicted octanol–water partition coefficient (Wildman–Crippen LogP) is 3.78. The Morgan fingerprint density at radius 3 is 2.52 bits per heavy atom. The molecule has 0 saturated heterocycles. The summed E-state index contributed by atoms with van der Waals surface area (Å²) in [5.74, 6) is -0.270. The van der Waals surface area contributed by atoms with Crippen LogP contribution in [0.3, 0.4) is 0 Å². The van der Waals surface area contributed by atoms with Crippen LogP contribution in [0.25, 0.3) is 0 Å². The number of ether oxygens (including phenoxy) is 1. The molecule has 0 aliphatic heterocycles. The average Bonchev–Trinajstić information content (AvgIpc) is 2.77. The molecule has 0 unspecified atom stereocenters. The van der Waals surface area contributed by atoms with E-state index in [4.69, 9.17) is 14.9 Å². The Balaban J connectivity index is 2.15. The normalized spacial score (nSPS) is 11.7. The molecule has 114 valence electrons. The third-order valence-electron chi connectivity index (χ3n) is 2.91. The number of rotatable bonds is 4. The van der Waals surface area contributed by atoms with Crippen LogP contribution < -0.4 is 10.5 Å². The summed E-state index contributed by atoms with van der Waals surface area (Å²) in [7, 11) is 0. The molecule has 0 radical (unpaired) electrons. The van der Waals surface area contributed by atoms with E-state index in [1.54, 1.807) is 13.0 Å². The van der Waals surface area contributed by atoms with Crippen molar-refractivity contribution in [3.63, 3.8) is 0 Å². The molecular formula is C14H13F4NO2. The Morgan fingerprint density at radius 1 is 1.24 bits per heavy atom. The van der Waals surface area contributed by atoms with Gasteiger partial charge in [-0.2, -0.15) is 13.2 Å². The van der Waals surface area contributed by atoms with Gasteiger partial charge in [-0.3, -0.25) is 0 Å². The fraction of sp³-hybridized carbons (Fsp3) is 0.286. The Labute approximate surface area is 118 Å². The number of furan rings is 1. The monoisotopic (exact) mass is 303 g/mol. The van der Waals surface area contributed by atoms with Crippen LogP contribution in [0.5, 0.6) is 5.75 Å². The third-order valence-corrected chi connectivity index (χ3v) is 2.91. The van der Waals surface area contributed by atoms with E-state index >= 15 is 0 Å². The van der Waals surface area contributed by atoms with Crippen LogP contribution in [0.4, 0.5) is 17.6 Å². The van der Waals surface area contributed by atoms with Crippen LogP contribution in [0.2, 0.25) is 0 Å². The highest BCUT2D eigenvalue weighted by atomic mass is 19.4. The van der Waals surface area contributed by atoms with Gasteiger partial charge in [0, 0.05) is 5.56 Å². The highest BCUT2D eigenvalue weighted by Gasteiger charge is 2.34. The van der Waals surface area contributed by atoms with Gasteiger partial charge in [-0.25, -0.2) is 4.39 Å². The second-order valence-corrected chi connectivity index (χ2v) is 4.43. The van der Waals surface area contributed by atoms with Gasteiger partial charge in [-0.15, -0.1) is 0 Å². The first-order valence-corrected chi connectivity index (χ1v) is 6.09. The van der Waals surface area contributed by atoms with Gasteiger partial charge in [0.2, 0.25) is 0 Å². The van der Waals surface area contributed by atoms with E-state index < -0.39 is 17.6 Å². The lowest BCUT2D eigenvalue weighted by Crippen LogP contribution is -2.08. The van der Waals surface area contributed by atoms with Gasteiger partial charge in [-0.05, 0) is 31.2 Å². The van der Waals surface area contributed by atoms with Crippen LogP contribution in [0, 0.1) is 12.7 Å². The first-order chi connectivity index (χ1) is 9.81. The molecule has 0 bridgehead atoms. The van der Waals surface area contributed by atoms with E-state index in [-0.39, 0.29) is 18.9 Å². The fourth-order valence-corrected chi connectivity index (χ4v) is 1.80. The molecule has 21 heavy (non-hydrogen) atoms. The zero-order valence-electron chi connectivity index (χ0n) is 11.1. The van der Waals surface area contributed by atoms with Crippen molar-refractivity contribution in [3.8, 4) is 5.75 Å². The van der Waals surface area contributed by atoms with Crippen LogP contribution in [-0.2, 0) is 19.3 Å². The van der Waals surface area contributed by atoms with Crippen molar-refractivity contribution >= 4 is 0 Å². The topological polar surface area (TPSA) is 48.4 Å². The average molecular weight is 303 g/mol. The van der Waals surface area contributed by atoms with Crippen molar-refractivity contribution in [1.82, 2.24) is 0 Å². The highest BCUT2D eigenvalue weighted by Crippen LogP contribution is 2.33. The van der Waals surface area contributed by atoms with Crippen LogP contribution in [0.15, 0.2) is 28.7 Å². The van der Waals surface area contributed by atoms with E-state index in [0.29, 0.717) is 23.2 Å². The molecule has 0 amide bonds. The number of aryl methyl sites for hydroxylation is 1. The maximum Gasteiger partial charge on any atom is 0.419 e. The summed E-state index contributed by atoms with van der Waals surface area (Å²) in [5, 5.41) is 0. The SMILES string of the molecule is Cc1oc(CN)cc1COc1ccc(F)c(C(F)(F)F)c1. The molecule has 0 aliphatic carbocycles. The van der Waals surface area contributed by atoms with Gasteiger partial charge in [0.05, 0.1) is 12.1 Å². The first kappa shape index (κ1) is 15.4. The molecule has 3 nitrogen and oxygen atoms in total. The molecule has 0 spiro atoms. The summed E-state index contributed by atoms with van der Waals surface area (Å²) in [6.07, 6.45) is -4.76. The lowest BCUT2D eigenvalue weighted by molar-refractivity contribution is -0.140. The van der Waals surface area contributed by atoms with E-state index in [2.05, 4.69) is 0 Å². The Hall–Kier alpha value is -2.02. The number of benzene rings is 1. The quantitative estimate of drug-likeness (QED) is 0.874. The van der Waals surface area contributed by atoms with Gasteiger partial charge in [0.25, 0.3) is 0 Å². The van der Waals surface area contributed by atoms with Gasteiger partial charge in [0.1, 0.15) is 29.7 Å². The third kappa shape index (κ3) is 3.55. The smallest absolute Gasteiger partial charge is 0.419 e. The van der Waals surface area contributed by atoms with E-state index in [1.807, 2.05) is 0 Å². The fourth-order valence-electron chi connectivity index (χ4n) is 1.80. The molecule has 2 aromatic rings. The number of hydrogen-bond acceptors (Lipinski definition) is 3. The second-order valence-electron chi connectivity index (χ2n) is 4.43. The summed E-state index contributed by atoms with van der Waals surface area (Å²) in [6.45, 7) is 1.93. The van der Waals surface area contributed by atoms with Crippen molar-refractivity contribution in [3.05, 3.63) is 52.7 Å². The van der Waals surface area contributed by atoms with E-state index in [9.17, 15) is 17.6 Å². The molecule has 0 atom stereocenters. The Morgan fingerprint density at radius 2 is 1.95 bits per heavy atom. The summed E-state index contributed by atoms with van der Waals surface area (Å²) < 4.78 is 61.4. The molecule has 0 saturated carbocycles. The number of alkyl halides is 3. The zero-order chi connectivity index (χ0) is 15.6. The maximum atomic E-state index is 13.1. The lowest BCUT2D eigenvalue weighted by atomic mass is 10.2. The molecule has 7 heteroatoms. The van der Waals surface area contributed by atoms with Gasteiger partial charge in [-0.1, -0.05) is 0 Å². The first-order valence-electron chi connectivity index (χ1n) is 6.09. The standard InChI is InChI=1S/C14H13F4NO2/c1-8-9(4-11(6-19)21-8)7-20-10-2-3-13(15)12(5-10)14(16,17)18/h2-5H,6-7,19H2,1H3. The zero-order valence-corrected chi connectivity index (χ0v) is 11.1.